The Balaban J connectivity index is 2.71. The molecule has 1 aliphatic rings. The summed E-state index contributed by atoms with van der Waals surface area (Å²) in [7, 11) is -3.15. The van der Waals surface area contributed by atoms with Gasteiger partial charge in [-0.2, -0.15) is 0 Å². The maximum atomic E-state index is 11.9. The number of hydrogen-bond donors (Lipinski definition) is 2. The number of rotatable bonds is 10. The van der Waals surface area contributed by atoms with Gasteiger partial charge in [-0.05, 0) is 52.4 Å². The Hall–Kier alpha value is -0.820. The largest absolute Gasteiger partial charge is 0.382 e. The van der Waals surface area contributed by atoms with Gasteiger partial charge in [0, 0.05) is 32.6 Å². The van der Waals surface area contributed by atoms with Crippen LogP contribution in [0.3, 0.4) is 0 Å². The van der Waals surface area contributed by atoms with E-state index < -0.39 is 14.6 Å². The topological polar surface area (TPSA) is 79.8 Å². The van der Waals surface area contributed by atoms with Gasteiger partial charge in [0.2, 0.25) is 0 Å². The monoisotopic (exact) mass is 375 g/mol. The van der Waals surface area contributed by atoms with Crippen molar-refractivity contribution in [3.8, 4) is 0 Å². The first-order chi connectivity index (χ1) is 11.7. The Bertz CT molecular complexity index is 524. The van der Waals surface area contributed by atoms with Crippen molar-refractivity contribution in [2.45, 2.75) is 64.5 Å². The highest BCUT2D eigenvalue weighted by Crippen LogP contribution is 2.40. The van der Waals surface area contributed by atoms with E-state index in [0.29, 0.717) is 5.96 Å². The van der Waals surface area contributed by atoms with E-state index in [1.807, 2.05) is 13.8 Å². The average molecular weight is 376 g/mol. The average Bonchev–Trinajstić information content (AvgIpc) is 2.98. The van der Waals surface area contributed by atoms with E-state index in [-0.39, 0.29) is 12.0 Å². The summed E-state index contributed by atoms with van der Waals surface area (Å²) in [5.74, 6) is 0.696. The molecule has 148 valence electrons. The zero-order valence-corrected chi connectivity index (χ0v) is 17.5. The zero-order valence-electron chi connectivity index (χ0n) is 16.7. The van der Waals surface area contributed by atoms with E-state index in [0.717, 1.165) is 32.7 Å². The SMILES string of the molecule is CCNC(=NCC(C)(C)S(C)(=O)=O)NCC1(CCOCC)CCCC1. The lowest BCUT2D eigenvalue weighted by molar-refractivity contribution is 0.105. The summed E-state index contributed by atoms with van der Waals surface area (Å²) >= 11 is 0. The van der Waals surface area contributed by atoms with Crippen molar-refractivity contribution in [2.75, 3.05) is 39.1 Å². The molecular formula is C18H37N3O3S. The summed E-state index contributed by atoms with van der Waals surface area (Å²) in [5, 5.41) is 6.67. The highest BCUT2D eigenvalue weighted by atomic mass is 32.2. The van der Waals surface area contributed by atoms with Gasteiger partial charge in [-0.3, -0.25) is 4.99 Å². The van der Waals surface area contributed by atoms with Gasteiger partial charge in [-0.1, -0.05) is 12.8 Å². The van der Waals surface area contributed by atoms with E-state index in [4.69, 9.17) is 4.74 Å². The van der Waals surface area contributed by atoms with Crippen LogP contribution in [0.1, 0.15) is 59.8 Å². The van der Waals surface area contributed by atoms with Gasteiger partial charge in [-0.25, -0.2) is 8.42 Å². The summed E-state index contributed by atoms with van der Waals surface area (Å²) in [4.78, 5) is 4.52. The van der Waals surface area contributed by atoms with Crippen molar-refractivity contribution in [3.05, 3.63) is 0 Å². The first-order valence-electron chi connectivity index (χ1n) is 9.45. The Labute approximate surface area is 154 Å². The van der Waals surface area contributed by atoms with Crippen molar-refractivity contribution in [2.24, 2.45) is 10.4 Å². The molecule has 0 radical (unpaired) electrons. The van der Waals surface area contributed by atoms with Gasteiger partial charge in [0.05, 0.1) is 11.3 Å². The van der Waals surface area contributed by atoms with Gasteiger partial charge in [0.15, 0.2) is 15.8 Å². The molecule has 0 aromatic rings. The second-order valence-corrected chi connectivity index (χ2v) is 10.4. The number of guanidine groups is 1. The molecule has 0 heterocycles. The van der Waals surface area contributed by atoms with Crippen LogP contribution in [-0.4, -0.2) is 58.2 Å². The molecule has 7 heteroatoms. The van der Waals surface area contributed by atoms with Crippen molar-refractivity contribution < 1.29 is 13.2 Å². The predicted octanol–water partition coefficient (Wildman–Crippen LogP) is 2.35. The van der Waals surface area contributed by atoms with Crippen LogP contribution < -0.4 is 10.6 Å². The van der Waals surface area contributed by atoms with Crippen LogP contribution in [0.15, 0.2) is 4.99 Å². The lowest BCUT2D eigenvalue weighted by Gasteiger charge is -2.30. The quantitative estimate of drug-likeness (QED) is 0.348. The Kier molecular flexibility index (Phi) is 8.68. The zero-order chi connectivity index (χ0) is 19.0. The third-order valence-electron chi connectivity index (χ3n) is 5.24. The van der Waals surface area contributed by atoms with Crippen LogP contribution in [0, 0.1) is 5.41 Å². The summed E-state index contributed by atoms with van der Waals surface area (Å²) in [6.45, 7) is 10.9. The molecule has 1 fully saturated rings. The molecule has 1 saturated carbocycles. The number of aliphatic imine (C=N–C) groups is 1. The third kappa shape index (κ3) is 7.13. The van der Waals surface area contributed by atoms with Crippen LogP contribution in [0.25, 0.3) is 0 Å². The molecule has 6 nitrogen and oxygen atoms in total. The molecule has 0 aliphatic heterocycles. The van der Waals surface area contributed by atoms with E-state index in [2.05, 4.69) is 15.6 Å². The Morgan fingerprint density at radius 3 is 2.36 bits per heavy atom. The minimum absolute atomic E-state index is 0.243. The molecule has 1 aliphatic carbocycles. The summed E-state index contributed by atoms with van der Waals surface area (Å²) < 4.78 is 28.4. The maximum Gasteiger partial charge on any atom is 0.191 e. The maximum absolute atomic E-state index is 11.9. The second-order valence-electron chi connectivity index (χ2n) is 7.73. The first kappa shape index (κ1) is 22.2. The third-order valence-corrected chi connectivity index (χ3v) is 7.38. The first-order valence-corrected chi connectivity index (χ1v) is 11.3. The van der Waals surface area contributed by atoms with Crippen molar-refractivity contribution in [1.82, 2.24) is 10.6 Å². The molecule has 0 amide bonds. The molecule has 0 unspecified atom stereocenters. The number of sulfone groups is 1. The van der Waals surface area contributed by atoms with Crippen LogP contribution in [0.2, 0.25) is 0 Å². The van der Waals surface area contributed by atoms with Crippen molar-refractivity contribution >= 4 is 15.8 Å². The standard InChI is InChI=1S/C18H37N3O3S/c1-6-19-16(20-14-17(3,4)25(5,22)23)21-15-18(10-8-9-11-18)12-13-24-7-2/h6-15H2,1-5H3,(H2,19,20,21). The Morgan fingerprint density at radius 1 is 1.20 bits per heavy atom. The molecule has 1 rings (SSSR count). The van der Waals surface area contributed by atoms with Gasteiger partial charge in [0.1, 0.15) is 0 Å². The minimum atomic E-state index is -3.15. The molecule has 25 heavy (non-hydrogen) atoms. The van der Waals surface area contributed by atoms with Crippen LogP contribution in [-0.2, 0) is 14.6 Å². The predicted molar refractivity (Wildman–Crippen MR) is 105 cm³/mol. The van der Waals surface area contributed by atoms with E-state index in [1.54, 1.807) is 13.8 Å². The normalized spacial score (nSPS) is 18.4. The fourth-order valence-corrected chi connectivity index (χ4v) is 3.37. The van der Waals surface area contributed by atoms with Gasteiger partial charge >= 0.3 is 0 Å². The van der Waals surface area contributed by atoms with Crippen LogP contribution >= 0.6 is 0 Å². The van der Waals surface area contributed by atoms with Crippen LogP contribution in [0.5, 0.6) is 0 Å². The highest BCUT2D eigenvalue weighted by molar-refractivity contribution is 7.92. The van der Waals surface area contributed by atoms with E-state index in [1.165, 1.54) is 31.9 Å². The van der Waals surface area contributed by atoms with Gasteiger partial charge in [-0.15, -0.1) is 0 Å². The molecule has 0 aromatic carbocycles. The lowest BCUT2D eigenvalue weighted by atomic mass is 9.83. The molecule has 0 atom stereocenters. The fourth-order valence-electron chi connectivity index (χ4n) is 3.07. The van der Waals surface area contributed by atoms with Gasteiger partial charge in [0.25, 0.3) is 0 Å². The molecule has 2 N–H and O–H groups in total. The fraction of sp³-hybridized carbons (Fsp3) is 0.944. The van der Waals surface area contributed by atoms with Crippen molar-refractivity contribution in [1.29, 1.82) is 0 Å². The van der Waals surface area contributed by atoms with E-state index in [9.17, 15) is 8.42 Å². The summed E-state index contributed by atoms with van der Waals surface area (Å²) in [6, 6.07) is 0. The van der Waals surface area contributed by atoms with E-state index >= 15 is 0 Å². The number of nitrogens with one attached hydrogen (secondary N) is 2. The molecule has 0 spiro atoms. The molecule has 0 saturated heterocycles. The highest BCUT2D eigenvalue weighted by Gasteiger charge is 2.34. The summed E-state index contributed by atoms with van der Waals surface area (Å²) in [5.41, 5.74) is 0.262. The second kappa shape index (κ2) is 9.76. The smallest absolute Gasteiger partial charge is 0.191 e. The number of ether oxygens (including phenoxy) is 1. The molecule has 0 aromatic heterocycles. The number of hydrogen-bond acceptors (Lipinski definition) is 4. The number of nitrogens with zero attached hydrogens (tertiary/aromatic N) is 1. The summed E-state index contributed by atoms with van der Waals surface area (Å²) in [6.07, 6.45) is 7.28. The van der Waals surface area contributed by atoms with Crippen LogP contribution in [0.4, 0.5) is 0 Å². The van der Waals surface area contributed by atoms with Gasteiger partial charge < -0.3 is 15.4 Å². The van der Waals surface area contributed by atoms with Crippen molar-refractivity contribution in [3.63, 3.8) is 0 Å². The minimum Gasteiger partial charge on any atom is -0.382 e. The Morgan fingerprint density at radius 2 is 1.84 bits per heavy atom. The molecule has 0 bridgehead atoms. The lowest BCUT2D eigenvalue weighted by Crippen LogP contribution is -2.44. The molecular weight excluding hydrogens is 338 g/mol.